The van der Waals surface area contributed by atoms with Gasteiger partial charge in [0.25, 0.3) is 5.56 Å². The minimum atomic E-state index is -0.600. The molecule has 4 aromatic rings. The number of H-pyrrole nitrogens is 1. The molecule has 1 aromatic heterocycles. The fourth-order valence-electron chi connectivity index (χ4n) is 4.56. The van der Waals surface area contributed by atoms with Crippen LogP contribution in [-0.4, -0.2) is 28.0 Å². The van der Waals surface area contributed by atoms with Crippen molar-refractivity contribution in [1.29, 1.82) is 0 Å². The SMILES string of the molecule is O=c1[nH]c(C2CCCN(Cc3cccc(-c4ccc(F)cc4F)c3)C2)nc2ccc(F)cc12. The van der Waals surface area contributed by atoms with Crippen LogP contribution in [0.25, 0.3) is 22.0 Å². The van der Waals surface area contributed by atoms with Crippen LogP contribution in [0, 0.1) is 17.5 Å². The Kier molecular flexibility index (Phi) is 5.72. The minimum Gasteiger partial charge on any atom is -0.310 e. The number of likely N-dealkylation sites (tertiary alicyclic amines) is 1. The number of piperidine rings is 1. The number of aromatic nitrogens is 2. The van der Waals surface area contributed by atoms with Gasteiger partial charge in [-0.1, -0.05) is 18.2 Å². The highest BCUT2D eigenvalue weighted by atomic mass is 19.1. The average molecular weight is 449 g/mol. The number of benzene rings is 3. The summed E-state index contributed by atoms with van der Waals surface area (Å²) in [6.07, 6.45) is 1.84. The highest BCUT2D eigenvalue weighted by molar-refractivity contribution is 5.77. The number of halogens is 3. The number of hydrogen-bond donors (Lipinski definition) is 1. The Morgan fingerprint density at radius 2 is 1.82 bits per heavy atom. The summed E-state index contributed by atoms with van der Waals surface area (Å²) in [5, 5.41) is 0.247. The topological polar surface area (TPSA) is 49.0 Å². The van der Waals surface area contributed by atoms with Crippen LogP contribution in [-0.2, 0) is 6.54 Å². The van der Waals surface area contributed by atoms with Crippen LogP contribution in [0.2, 0.25) is 0 Å². The van der Waals surface area contributed by atoms with E-state index in [4.69, 9.17) is 0 Å². The number of nitrogens with one attached hydrogen (secondary N) is 1. The number of aromatic amines is 1. The lowest BCUT2D eigenvalue weighted by molar-refractivity contribution is 0.196. The quantitative estimate of drug-likeness (QED) is 0.455. The van der Waals surface area contributed by atoms with E-state index >= 15 is 0 Å². The third-order valence-electron chi connectivity index (χ3n) is 6.15. The summed E-state index contributed by atoms with van der Waals surface area (Å²) < 4.78 is 41.0. The van der Waals surface area contributed by atoms with Gasteiger partial charge in [-0.05, 0) is 66.9 Å². The molecule has 0 radical (unpaired) electrons. The van der Waals surface area contributed by atoms with E-state index in [1.165, 1.54) is 30.3 Å². The summed E-state index contributed by atoms with van der Waals surface area (Å²) in [7, 11) is 0. The molecule has 2 heterocycles. The largest absolute Gasteiger partial charge is 0.310 e. The van der Waals surface area contributed by atoms with Crippen molar-refractivity contribution in [2.45, 2.75) is 25.3 Å². The number of nitrogens with zero attached hydrogens (tertiary/aromatic N) is 2. The maximum atomic E-state index is 14.2. The number of rotatable bonds is 4. The molecule has 1 atom stereocenters. The first kappa shape index (κ1) is 21.4. The summed E-state index contributed by atoms with van der Waals surface area (Å²) in [4.78, 5) is 22.2. The molecule has 168 valence electrons. The van der Waals surface area contributed by atoms with E-state index in [-0.39, 0.29) is 16.9 Å². The van der Waals surface area contributed by atoms with Gasteiger partial charge in [-0.2, -0.15) is 0 Å². The lowest BCUT2D eigenvalue weighted by atomic mass is 9.96. The first-order valence-corrected chi connectivity index (χ1v) is 10.9. The van der Waals surface area contributed by atoms with Gasteiger partial charge in [-0.15, -0.1) is 0 Å². The van der Waals surface area contributed by atoms with Gasteiger partial charge in [0.05, 0.1) is 10.9 Å². The lowest BCUT2D eigenvalue weighted by Crippen LogP contribution is -2.35. The smallest absolute Gasteiger partial charge is 0.258 e. The van der Waals surface area contributed by atoms with E-state index in [9.17, 15) is 18.0 Å². The second-order valence-electron chi connectivity index (χ2n) is 8.51. The van der Waals surface area contributed by atoms with Crippen LogP contribution in [0.15, 0.2) is 65.5 Å². The molecule has 0 spiro atoms. The van der Waals surface area contributed by atoms with Crippen molar-refractivity contribution in [1.82, 2.24) is 14.9 Å². The molecule has 33 heavy (non-hydrogen) atoms. The molecule has 0 aliphatic carbocycles. The Bertz CT molecular complexity index is 1390. The lowest BCUT2D eigenvalue weighted by Gasteiger charge is -2.32. The van der Waals surface area contributed by atoms with Crippen molar-refractivity contribution < 1.29 is 13.2 Å². The number of fused-ring (bicyclic) bond motifs is 1. The predicted octanol–water partition coefficient (Wildman–Crippen LogP) is 5.39. The van der Waals surface area contributed by atoms with E-state index in [0.717, 1.165) is 31.0 Å². The van der Waals surface area contributed by atoms with Crippen LogP contribution in [0.4, 0.5) is 13.2 Å². The molecule has 1 saturated heterocycles. The Labute approximate surface area is 188 Å². The zero-order valence-corrected chi connectivity index (χ0v) is 17.8. The molecular weight excluding hydrogens is 427 g/mol. The van der Waals surface area contributed by atoms with E-state index in [1.807, 2.05) is 24.3 Å². The summed E-state index contributed by atoms with van der Waals surface area (Å²) in [6, 6.07) is 15.2. The normalized spacial score (nSPS) is 16.9. The first-order valence-electron chi connectivity index (χ1n) is 10.9. The molecule has 1 aliphatic rings. The van der Waals surface area contributed by atoms with E-state index < -0.39 is 17.5 Å². The minimum absolute atomic E-state index is 0.0543. The van der Waals surface area contributed by atoms with Crippen LogP contribution >= 0.6 is 0 Å². The fourth-order valence-corrected chi connectivity index (χ4v) is 4.56. The molecule has 1 N–H and O–H groups in total. The Morgan fingerprint density at radius 1 is 1.00 bits per heavy atom. The van der Waals surface area contributed by atoms with Gasteiger partial charge in [0.2, 0.25) is 0 Å². The molecule has 1 unspecified atom stereocenters. The Morgan fingerprint density at radius 3 is 2.67 bits per heavy atom. The molecule has 1 aliphatic heterocycles. The summed E-state index contributed by atoms with van der Waals surface area (Å²) in [5.41, 5.74) is 2.24. The molecule has 4 nitrogen and oxygen atoms in total. The third-order valence-corrected chi connectivity index (χ3v) is 6.15. The molecule has 0 amide bonds. The van der Waals surface area contributed by atoms with E-state index in [1.54, 1.807) is 0 Å². The van der Waals surface area contributed by atoms with Crippen molar-refractivity contribution in [3.8, 4) is 11.1 Å². The summed E-state index contributed by atoms with van der Waals surface area (Å²) in [6.45, 7) is 2.27. The first-order chi connectivity index (χ1) is 16.0. The second kappa shape index (κ2) is 8.83. The maximum Gasteiger partial charge on any atom is 0.258 e. The number of hydrogen-bond acceptors (Lipinski definition) is 3. The zero-order chi connectivity index (χ0) is 22.9. The van der Waals surface area contributed by atoms with Crippen LogP contribution in [0.1, 0.15) is 30.1 Å². The zero-order valence-electron chi connectivity index (χ0n) is 17.8. The molecule has 5 rings (SSSR count). The van der Waals surface area contributed by atoms with Crippen molar-refractivity contribution in [3.63, 3.8) is 0 Å². The standard InChI is InChI=1S/C26H22F3N3O/c27-19-7-9-24-22(12-19)26(33)31-25(30-24)18-5-2-10-32(15-18)14-16-3-1-4-17(11-16)21-8-6-20(28)13-23(21)29/h1,3-4,6-9,11-13,18H,2,5,10,14-15H2,(H,30,31,33). The van der Waals surface area contributed by atoms with Gasteiger partial charge < -0.3 is 4.98 Å². The van der Waals surface area contributed by atoms with Crippen molar-refractivity contribution in [2.75, 3.05) is 13.1 Å². The van der Waals surface area contributed by atoms with Crippen molar-refractivity contribution >= 4 is 10.9 Å². The van der Waals surface area contributed by atoms with Crippen molar-refractivity contribution in [2.24, 2.45) is 0 Å². The molecule has 7 heteroatoms. The highest BCUT2D eigenvalue weighted by Gasteiger charge is 2.24. The third kappa shape index (κ3) is 4.54. The van der Waals surface area contributed by atoms with Gasteiger partial charge in [0.1, 0.15) is 23.3 Å². The molecule has 3 aromatic carbocycles. The average Bonchev–Trinajstić information content (AvgIpc) is 2.80. The highest BCUT2D eigenvalue weighted by Crippen LogP contribution is 2.28. The molecule has 0 bridgehead atoms. The van der Waals surface area contributed by atoms with Gasteiger partial charge in [0, 0.05) is 30.6 Å². The Hall–Kier alpha value is -3.45. The second-order valence-corrected chi connectivity index (χ2v) is 8.51. The maximum absolute atomic E-state index is 14.2. The monoisotopic (exact) mass is 449 g/mol. The van der Waals surface area contributed by atoms with Crippen LogP contribution in [0.5, 0.6) is 0 Å². The molecule has 0 saturated carbocycles. The Balaban J connectivity index is 1.35. The van der Waals surface area contributed by atoms with E-state index in [2.05, 4.69) is 14.9 Å². The summed E-state index contributed by atoms with van der Waals surface area (Å²) in [5.74, 6) is -0.979. The van der Waals surface area contributed by atoms with Gasteiger partial charge in [-0.25, -0.2) is 18.2 Å². The van der Waals surface area contributed by atoms with Crippen LogP contribution < -0.4 is 5.56 Å². The summed E-state index contributed by atoms with van der Waals surface area (Å²) >= 11 is 0. The molecular formula is C26H22F3N3O. The predicted molar refractivity (Wildman–Crippen MR) is 121 cm³/mol. The van der Waals surface area contributed by atoms with Gasteiger partial charge in [-0.3, -0.25) is 9.69 Å². The molecule has 1 fully saturated rings. The van der Waals surface area contributed by atoms with E-state index in [0.29, 0.717) is 35.6 Å². The van der Waals surface area contributed by atoms with Crippen LogP contribution in [0.3, 0.4) is 0 Å². The fraction of sp³-hybridized carbons (Fsp3) is 0.231. The van der Waals surface area contributed by atoms with Gasteiger partial charge >= 0.3 is 0 Å². The van der Waals surface area contributed by atoms with Crippen molar-refractivity contribution in [3.05, 3.63) is 99.9 Å². The van der Waals surface area contributed by atoms with Gasteiger partial charge in [0.15, 0.2) is 0 Å².